The molecule has 6 N–H and O–H groups in total. The number of carbonyl (C=O) groups is 6. The van der Waals surface area contributed by atoms with Crippen molar-refractivity contribution >= 4 is 35.5 Å². The van der Waals surface area contributed by atoms with E-state index in [0.29, 0.717) is 71.0 Å². The van der Waals surface area contributed by atoms with E-state index in [-0.39, 0.29) is 23.6 Å². The van der Waals surface area contributed by atoms with Gasteiger partial charge in [-0.3, -0.25) is 24.0 Å². The first-order valence-corrected chi connectivity index (χ1v) is 17.1. The van der Waals surface area contributed by atoms with Crippen LogP contribution in [0.4, 0.5) is 0 Å². The molecule has 14 heteroatoms. The average Bonchev–Trinajstić information content (AvgIpc) is 3.86. The Bertz CT molecular complexity index is 1340. The van der Waals surface area contributed by atoms with Crippen LogP contribution in [0.2, 0.25) is 0 Å². The zero-order chi connectivity index (χ0) is 35.1. The fraction of sp³-hybridized carbons (Fsp3) is 0.647. The molecule has 3 aliphatic rings. The van der Waals surface area contributed by atoms with Crippen molar-refractivity contribution in [3.63, 3.8) is 0 Å². The molecule has 3 heterocycles. The summed E-state index contributed by atoms with van der Waals surface area (Å²) in [7, 11) is 0. The van der Waals surface area contributed by atoms with E-state index in [1.165, 1.54) is 11.8 Å². The molecule has 0 aromatic heterocycles. The summed E-state index contributed by atoms with van der Waals surface area (Å²) in [4.78, 5) is 84.2. The monoisotopic (exact) mass is 670 g/mol. The molecule has 4 rings (SSSR count). The van der Waals surface area contributed by atoms with Gasteiger partial charge in [0.1, 0.15) is 24.2 Å². The van der Waals surface area contributed by atoms with Crippen LogP contribution >= 0.6 is 0 Å². The number of hydrogen-bond acceptors (Lipinski definition) is 8. The Morgan fingerprint density at radius 2 is 1.33 bits per heavy atom. The fourth-order valence-corrected chi connectivity index (χ4v) is 7.01. The van der Waals surface area contributed by atoms with Gasteiger partial charge >= 0.3 is 5.97 Å². The van der Waals surface area contributed by atoms with Gasteiger partial charge in [0.15, 0.2) is 6.04 Å². The fourth-order valence-electron chi connectivity index (χ4n) is 7.01. The van der Waals surface area contributed by atoms with E-state index in [1.807, 2.05) is 37.3 Å². The van der Waals surface area contributed by atoms with Crippen LogP contribution in [0, 0.1) is 5.92 Å². The summed E-state index contributed by atoms with van der Waals surface area (Å²) in [5.41, 5.74) is 7.23. The number of rotatable bonds is 13. The third kappa shape index (κ3) is 8.32. The number of amides is 5. The molecule has 0 aliphatic carbocycles. The van der Waals surface area contributed by atoms with Gasteiger partial charge in [0, 0.05) is 19.6 Å². The molecule has 0 bridgehead atoms. The Morgan fingerprint density at radius 3 is 1.88 bits per heavy atom. The minimum Gasteiger partial charge on any atom is -0.480 e. The van der Waals surface area contributed by atoms with Crippen LogP contribution in [0.25, 0.3) is 0 Å². The van der Waals surface area contributed by atoms with E-state index in [9.17, 15) is 39.0 Å². The number of nitrogens with zero attached hydrogens (tertiary/aromatic N) is 3. The van der Waals surface area contributed by atoms with Crippen molar-refractivity contribution < 1.29 is 39.0 Å². The third-order valence-electron chi connectivity index (χ3n) is 9.94. The van der Waals surface area contributed by atoms with E-state index >= 15 is 0 Å². The number of nitrogens with one attached hydrogen (secondary N) is 2. The van der Waals surface area contributed by atoms with Crippen LogP contribution < -0.4 is 16.4 Å². The molecule has 14 nitrogen and oxygen atoms in total. The van der Waals surface area contributed by atoms with Crippen molar-refractivity contribution in [2.75, 3.05) is 19.6 Å². The van der Waals surface area contributed by atoms with Gasteiger partial charge in [-0.15, -0.1) is 0 Å². The van der Waals surface area contributed by atoms with Gasteiger partial charge in [0.25, 0.3) is 0 Å². The van der Waals surface area contributed by atoms with E-state index in [1.54, 1.807) is 16.7 Å². The largest absolute Gasteiger partial charge is 0.480 e. The number of aliphatic hydroxyl groups excluding tert-OH is 1. The Labute approximate surface area is 281 Å². The average molecular weight is 671 g/mol. The summed E-state index contributed by atoms with van der Waals surface area (Å²) in [5, 5.41) is 24.3. The third-order valence-corrected chi connectivity index (χ3v) is 9.94. The molecular formula is C34H50N6O8. The molecule has 264 valence electrons. The zero-order valence-corrected chi connectivity index (χ0v) is 28.0. The van der Waals surface area contributed by atoms with Crippen molar-refractivity contribution in [1.82, 2.24) is 25.3 Å². The van der Waals surface area contributed by atoms with Crippen molar-refractivity contribution in [2.24, 2.45) is 11.7 Å². The topological polar surface area (TPSA) is 203 Å². The van der Waals surface area contributed by atoms with Crippen LogP contribution in [0.5, 0.6) is 0 Å². The van der Waals surface area contributed by atoms with Crippen LogP contribution in [0.1, 0.15) is 71.3 Å². The molecule has 48 heavy (non-hydrogen) atoms. The first kappa shape index (κ1) is 36.8. The molecular weight excluding hydrogens is 620 g/mol. The van der Waals surface area contributed by atoms with Gasteiger partial charge in [0.2, 0.25) is 29.5 Å². The maximum absolute atomic E-state index is 14.0. The van der Waals surface area contributed by atoms with E-state index in [0.717, 1.165) is 5.56 Å². The van der Waals surface area contributed by atoms with Gasteiger partial charge in [0.05, 0.1) is 12.1 Å². The second-order valence-corrected chi connectivity index (χ2v) is 13.3. The summed E-state index contributed by atoms with van der Waals surface area (Å²) >= 11 is 0. The van der Waals surface area contributed by atoms with Gasteiger partial charge < -0.3 is 41.3 Å². The van der Waals surface area contributed by atoms with E-state index in [4.69, 9.17) is 5.73 Å². The molecule has 0 unspecified atom stereocenters. The van der Waals surface area contributed by atoms with Gasteiger partial charge in [-0.25, -0.2) is 4.79 Å². The number of likely N-dealkylation sites (tertiary alicyclic amines) is 3. The second kappa shape index (κ2) is 16.4. The summed E-state index contributed by atoms with van der Waals surface area (Å²) in [5.74, 6) is -3.99. The minimum atomic E-state index is -1.55. The Balaban J connectivity index is 1.43. The highest BCUT2D eigenvalue weighted by Crippen LogP contribution is 2.29. The molecule has 8 atom stereocenters. The van der Waals surface area contributed by atoms with Crippen LogP contribution in [-0.2, 0) is 35.2 Å². The minimum absolute atomic E-state index is 0.289. The number of benzene rings is 1. The Kier molecular flexibility index (Phi) is 12.6. The zero-order valence-electron chi connectivity index (χ0n) is 28.0. The standard InChI is InChI=1S/C34H50N6O8/c1-4-20(2)27(30(43)37-28(21(3)41)34(47)48)36-29(42)24-13-8-16-38(24)32(45)26-15-10-18-40(26)33(46)25-14-9-17-39(25)31(44)23(35)19-22-11-6-5-7-12-22/h5-7,11-12,20-21,23-28,41H,4,8-10,13-19,35H2,1-3H3,(H,36,42)(H,37,43)(H,47,48)/t20-,21+,23-,24-,25-,26-,27-,28-/m0/s1. The van der Waals surface area contributed by atoms with Crippen molar-refractivity contribution in [1.29, 1.82) is 0 Å². The summed E-state index contributed by atoms with van der Waals surface area (Å²) in [6.07, 6.45) is 2.56. The van der Waals surface area contributed by atoms with Gasteiger partial charge in [-0.1, -0.05) is 50.6 Å². The summed E-state index contributed by atoms with van der Waals surface area (Å²) < 4.78 is 0. The molecule has 1 aromatic carbocycles. The molecule has 0 saturated carbocycles. The van der Waals surface area contributed by atoms with Crippen molar-refractivity contribution in [3.8, 4) is 0 Å². The number of hydrogen-bond donors (Lipinski definition) is 5. The van der Waals surface area contributed by atoms with E-state index < -0.39 is 60.1 Å². The lowest BCUT2D eigenvalue weighted by molar-refractivity contribution is -0.151. The molecule has 0 radical (unpaired) electrons. The lowest BCUT2D eigenvalue weighted by Crippen LogP contribution is -2.60. The van der Waals surface area contributed by atoms with Crippen molar-refractivity contribution in [3.05, 3.63) is 35.9 Å². The predicted molar refractivity (Wildman–Crippen MR) is 175 cm³/mol. The second-order valence-electron chi connectivity index (χ2n) is 13.3. The normalized spacial score (nSPS) is 24.0. The van der Waals surface area contributed by atoms with Gasteiger partial charge in [-0.05, 0) is 63.4 Å². The number of carboxylic acid groups (broad SMARTS) is 1. The highest BCUT2D eigenvalue weighted by atomic mass is 16.4. The molecule has 1 aromatic rings. The Morgan fingerprint density at radius 1 is 0.812 bits per heavy atom. The molecule has 3 aliphatic heterocycles. The number of aliphatic carboxylic acids is 1. The van der Waals surface area contributed by atoms with Crippen LogP contribution in [0.3, 0.4) is 0 Å². The number of carboxylic acids is 1. The number of nitrogens with two attached hydrogens (primary N) is 1. The maximum atomic E-state index is 14.0. The first-order chi connectivity index (χ1) is 22.8. The molecule has 0 spiro atoms. The lowest BCUT2D eigenvalue weighted by atomic mass is 9.97. The smallest absolute Gasteiger partial charge is 0.328 e. The van der Waals surface area contributed by atoms with Crippen LogP contribution in [0.15, 0.2) is 30.3 Å². The van der Waals surface area contributed by atoms with Crippen LogP contribution in [-0.4, -0.2) is 122 Å². The summed E-state index contributed by atoms with van der Waals surface area (Å²) in [6, 6.07) is 3.63. The van der Waals surface area contributed by atoms with Gasteiger partial charge in [-0.2, -0.15) is 0 Å². The quantitative estimate of drug-likeness (QED) is 0.192. The molecule has 3 fully saturated rings. The SMILES string of the molecule is CC[C@H](C)[C@H](NC(=O)[C@@H]1CCCN1C(=O)[C@@H]1CCCN1C(=O)[C@@H]1CCCN1C(=O)[C@@H](N)Cc1ccccc1)C(=O)N[C@H](C(=O)O)[C@@H](C)O. The van der Waals surface area contributed by atoms with Crippen molar-refractivity contribution in [2.45, 2.75) is 114 Å². The van der Waals surface area contributed by atoms with E-state index in [2.05, 4.69) is 10.6 Å². The Hall–Kier alpha value is -4.04. The molecule has 3 saturated heterocycles. The maximum Gasteiger partial charge on any atom is 0.328 e. The highest BCUT2D eigenvalue weighted by Gasteiger charge is 2.46. The molecule has 5 amide bonds. The number of aliphatic hydroxyl groups is 1. The number of carbonyl (C=O) groups excluding carboxylic acids is 5. The summed E-state index contributed by atoms with van der Waals surface area (Å²) in [6.45, 7) is 5.90. The first-order valence-electron chi connectivity index (χ1n) is 17.1. The lowest BCUT2D eigenvalue weighted by Gasteiger charge is -2.35. The predicted octanol–water partition coefficient (Wildman–Crippen LogP) is 0.0105. The highest BCUT2D eigenvalue weighted by molar-refractivity contribution is 5.97.